The van der Waals surface area contributed by atoms with Gasteiger partial charge in [0, 0.05) is 35.9 Å². The fourth-order valence-electron chi connectivity index (χ4n) is 2.15. The summed E-state index contributed by atoms with van der Waals surface area (Å²) in [5.74, 6) is 0. The second-order valence-electron chi connectivity index (χ2n) is 4.36. The number of hydrogen-bond donors (Lipinski definition) is 0. The van der Waals surface area contributed by atoms with Crippen molar-refractivity contribution >= 4 is 17.2 Å². The standard InChI is InChI=1S/C14H13N3O/c1-16-6-5-13(15-16)9-17-7-4-12-8-11(10-18)2-3-14(12)17/h2-8,10H,9H2,1H3. The number of benzene rings is 1. The van der Waals surface area contributed by atoms with Crippen LogP contribution in [0, 0.1) is 0 Å². The first kappa shape index (κ1) is 10.8. The molecule has 1 aromatic carbocycles. The number of hydrogen-bond acceptors (Lipinski definition) is 2. The number of nitrogens with zero attached hydrogens (tertiary/aromatic N) is 3. The number of aromatic nitrogens is 3. The van der Waals surface area contributed by atoms with Crippen molar-refractivity contribution in [2.75, 3.05) is 0 Å². The van der Waals surface area contributed by atoms with Crippen molar-refractivity contribution in [3.05, 3.63) is 54.0 Å². The summed E-state index contributed by atoms with van der Waals surface area (Å²) < 4.78 is 3.93. The van der Waals surface area contributed by atoms with Gasteiger partial charge in [0.05, 0.1) is 12.2 Å². The normalized spacial score (nSPS) is 10.9. The minimum Gasteiger partial charge on any atom is -0.341 e. The average molecular weight is 239 g/mol. The maximum Gasteiger partial charge on any atom is 0.150 e. The van der Waals surface area contributed by atoms with E-state index in [9.17, 15) is 4.79 Å². The Hall–Kier alpha value is -2.36. The quantitative estimate of drug-likeness (QED) is 0.657. The number of aldehydes is 1. The largest absolute Gasteiger partial charge is 0.341 e. The second kappa shape index (κ2) is 4.14. The third-order valence-corrected chi connectivity index (χ3v) is 3.03. The van der Waals surface area contributed by atoms with Crippen LogP contribution in [0.3, 0.4) is 0 Å². The molecule has 90 valence electrons. The molecule has 4 heteroatoms. The van der Waals surface area contributed by atoms with Crippen LogP contribution in [0.1, 0.15) is 16.1 Å². The molecule has 18 heavy (non-hydrogen) atoms. The molecule has 0 fully saturated rings. The average Bonchev–Trinajstić information content (AvgIpc) is 2.96. The minimum absolute atomic E-state index is 0.707. The van der Waals surface area contributed by atoms with Gasteiger partial charge in [0.25, 0.3) is 0 Å². The van der Waals surface area contributed by atoms with Gasteiger partial charge in [-0.2, -0.15) is 5.10 Å². The molecule has 0 saturated heterocycles. The summed E-state index contributed by atoms with van der Waals surface area (Å²) in [6, 6.07) is 9.74. The highest BCUT2D eigenvalue weighted by Crippen LogP contribution is 2.18. The molecule has 0 N–H and O–H groups in total. The molecule has 3 aromatic rings. The van der Waals surface area contributed by atoms with E-state index in [2.05, 4.69) is 9.67 Å². The van der Waals surface area contributed by atoms with Crippen molar-refractivity contribution in [2.45, 2.75) is 6.54 Å². The van der Waals surface area contributed by atoms with Crippen molar-refractivity contribution in [2.24, 2.45) is 7.05 Å². The molecular weight excluding hydrogens is 226 g/mol. The fraction of sp³-hybridized carbons (Fsp3) is 0.143. The molecule has 0 aliphatic carbocycles. The Kier molecular flexibility index (Phi) is 2.48. The van der Waals surface area contributed by atoms with Crippen molar-refractivity contribution in [1.82, 2.24) is 14.3 Å². The van der Waals surface area contributed by atoms with Crippen LogP contribution in [0.15, 0.2) is 42.7 Å². The third kappa shape index (κ3) is 1.82. The zero-order valence-electron chi connectivity index (χ0n) is 10.1. The van der Waals surface area contributed by atoms with Gasteiger partial charge in [0.2, 0.25) is 0 Å². The van der Waals surface area contributed by atoms with E-state index in [4.69, 9.17) is 0 Å². The zero-order chi connectivity index (χ0) is 12.5. The number of aryl methyl sites for hydroxylation is 1. The smallest absolute Gasteiger partial charge is 0.150 e. The topological polar surface area (TPSA) is 39.8 Å². The first-order valence-corrected chi connectivity index (χ1v) is 5.79. The predicted molar refractivity (Wildman–Crippen MR) is 69.6 cm³/mol. The molecule has 0 aliphatic rings. The molecule has 2 aromatic heterocycles. The van der Waals surface area contributed by atoms with Gasteiger partial charge in [-0.1, -0.05) is 0 Å². The lowest BCUT2D eigenvalue weighted by Crippen LogP contribution is -1.99. The Labute approximate surface area is 104 Å². The highest BCUT2D eigenvalue weighted by molar-refractivity contribution is 5.87. The Morgan fingerprint density at radius 2 is 2.11 bits per heavy atom. The molecule has 4 nitrogen and oxygen atoms in total. The number of carbonyl (C=O) groups excluding carboxylic acids is 1. The lowest BCUT2D eigenvalue weighted by molar-refractivity contribution is 0.112. The molecule has 0 amide bonds. The van der Waals surface area contributed by atoms with Gasteiger partial charge in [0.15, 0.2) is 0 Å². The third-order valence-electron chi connectivity index (χ3n) is 3.03. The van der Waals surface area contributed by atoms with Crippen molar-refractivity contribution < 1.29 is 4.79 Å². The van der Waals surface area contributed by atoms with Gasteiger partial charge in [-0.3, -0.25) is 9.48 Å². The number of rotatable bonds is 3. The van der Waals surface area contributed by atoms with Gasteiger partial charge >= 0.3 is 0 Å². The molecular formula is C14H13N3O. The van der Waals surface area contributed by atoms with Crippen molar-refractivity contribution in [3.8, 4) is 0 Å². The fourth-order valence-corrected chi connectivity index (χ4v) is 2.15. The van der Waals surface area contributed by atoms with Crippen LogP contribution in [-0.4, -0.2) is 20.6 Å². The summed E-state index contributed by atoms with van der Waals surface area (Å²) in [4.78, 5) is 10.7. The highest BCUT2D eigenvalue weighted by Gasteiger charge is 2.04. The van der Waals surface area contributed by atoms with Crippen LogP contribution < -0.4 is 0 Å². The van der Waals surface area contributed by atoms with Crippen LogP contribution in [0.5, 0.6) is 0 Å². The summed E-state index contributed by atoms with van der Waals surface area (Å²) in [6.45, 7) is 0.741. The number of carbonyl (C=O) groups is 1. The van der Waals surface area contributed by atoms with E-state index >= 15 is 0 Å². The number of fused-ring (bicyclic) bond motifs is 1. The SMILES string of the molecule is Cn1ccc(Cn2ccc3cc(C=O)ccc32)n1. The van der Waals surface area contributed by atoms with Gasteiger partial charge in [0.1, 0.15) is 6.29 Å². The first-order valence-electron chi connectivity index (χ1n) is 5.79. The van der Waals surface area contributed by atoms with E-state index in [0.29, 0.717) is 5.56 Å². The Bertz CT molecular complexity index is 709. The summed E-state index contributed by atoms with van der Waals surface area (Å²) in [7, 11) is 1.91. The van der Waals surface area contributed by atoms with Crippen molar-refractivity contribution in [3.63, 3.8) is 0 Å². The summed E-state index contributed by atoms with van der Waals surface area (Å²) in [5.41, 5.74) is 2.85. The minimum atomic E-state index is 0.707. The molecule has 0 spiro atoms. The molecule has 0 unspecified atom stereocenters. The van der Waals surface area contributed by atoms with Crippen LogP contribution >= 0.6 is 0 Å². The van der Waals surface area contributed by atoms with Crippen LogP contribution in [0.4, 0.5) is 0 Å². The molecule has 2 heterocycles. The highest BCUT2D eigenvalue weighted by atomic mass is 16.1. The maximum atomic E-state index is 10.7. The maximum absolute atomic E-state index is 10.7. The molecule has 0 radical (unpaired) electrons. The molecule has 0 saturated carbocycles. The van der Waals surface area contributed by atoms with E-state index in [1.165, 1.54) is 0 Å². The van der Waals surface area contributed by atoms with E-state index in [0.717, 1.165) is 29.4 Å². The van der Waals surface area contributed by atoms with Gasteiger partial charge in [-0.15, -0.1) is 0 Å². The van der Waals surface area contributed by atoms with Gasteiger partial charge < -0.3 is 4.57 Å². The van der Waals surface area contributed by atoms with Crippen LogP contribution in [0.25, 0.3) is 10.9 Å². The summed E-state index contributed by atoms with van der Waals surface area (Å²) in [5, 5.41) is 5.44. The monoisotopic (exact) mass is 239 g/mol. The van der Waals surface area contributed by atoms with E-state index < -0.39 is 0 Å². The lowest BCUT2D eigenvalue weighted by Gasteiger charge is -2.03. The molecule has 0 bridgehead atoms. The Morgan fingerprint density at radius 3 is 2.83 bits per heavy atom. The van der Waals surface area contributed by atoms with E-state index in [1.807, 2.05) is 49.8 Å². The van der Waals surface area contributed by atoms with Crippen molar-refractivity contribution in [1.29, 1.82) is 0 Å². The first-order chi connectivity index (χ1) is 8.76. The zero-order valence-corrected chi connectivity index (χ0v) is 10.1. The van der Waals surface area contributed by atoms with Gasteiger partial charge in [-0.25, -0.2) is 0 Å². The molecule has 0 atom stereocenters. The van der Waals surface area contributed by atoms with E-state index in [-0.39, 0.29) is 0 Å². The molecule has 3 rings (SSSR count). The Morgan fingerprint density at radius 1 is 1.22 bits per heavy atom. The summed E-state index contributed by atoms with van der Waals surface area (Å²) >= 11 is 0. The summed E-state index contributed by atoms with van der Waals surface area (Å²) in [6.07, 6.45) is 4.83. The second-order valence-corrected chi connectivity index (χ2v) is 4.36. The van der Waals surface area contributed by atoms with E-state index in [1.54, 1.807) is 4.68 Å². The van der Waals surface area contributed by atoms with Crippen LogP contribution in [-0.2, 0) is 13.6 Å². The Balaban J connectivity index is 2.00. The lowest BCUT2D eigenvalue weighted by atomic mass is 10.2. The predicted octanol–water partition coefficient (Wildman–Crippen LogP) is 2.24. The van der Waals surface area contributed by atoms with Gasteiger partial charge in [-0.05, 0) is 30.3 Å². The molecule has 0 aliphatic heterocycles. The van der Waals surface area contributed by atoms with Crippen LogP contribution in [0.2, 0.25) is 0 Å².